The number of nitrogens with zero attached hydrogens (tertiary/aromatic N) is 2. The molecule has 1 aliphatic heterocycles. The van der Waals surface area contributed by atoms with Crippen LogP contribution in [0.5, 0.6) is 0 Å². The Morgan fingerprint density at radius 1 is 1.45 bits per heavy atom. The van der Waals surface area contributed by atoms with Crippen molar-refractivity contribution in [3.8, 4) is 11.5 Å². The molecule has 1 unspecified atom stereocenters. The van der Waals surface area contributed by atoms with Crippen molar-refractivity contribution in [3.63, 3.8) is 0 Å². The molecule has 3 heterocycles. The molecule has 1 saturated heterocycles. The van der Waals surface area contributed by atoms with Crippen LogP contribution in [0.1, 0.15) is 22.5 Å². The molecule has 0 aromatic carbocycles. The number of amides is 1. The quantitative estimate of drug-likeness (QED) is 0.849. The maximum Gasteiger partial charge on any atom is 0.259 e. The number of aromatic nitrogens is 1. The van der Waals surface area contributed by atoms with Gasteiger partial charge in [-0.3, -0.25) is 4.79 Å². The first-order chi connectivity index (χ1) is 10.4. The Hall–Kier alpha value is -2.09. The van der Waals surface area contributed by atoms with Crippen LogP contribution >= 0.6 is 0 Å². The Bertz CT molecular complexity index is 791. The summed E-state index contributed by atoms with van der Waals surface area (Å²) in [7, 11) is -1.45. The van der Waals surface area contributed by atoms with E-state index < -0.39 is 9.84 Å². The standard InChI is InChI=1S/C14H16N2O5S/c1-9-12(13(15-21-9)11-4-3-6-20-11)14(17)16(2)10-5-7-22(18,19)8-10/h3-4,6,10H,5,7-8H2,1-2H3. The maximum atomic E-state index is 12.7. The summed E-state index contributed by atoms with van der Waals surface area (Å²) in [5.74, 6) is 0.613. The van der Waals surface area contributed by atoms with Crippen LogP contribution in [0.4, 0.5) is 0 Å². The van der Waals surface area contributed by atoms with E-state index in [9.17, 15) is 13.2 Å². The SMILES string of the molecule is Cc1onc(-c2ccco2)c1C(=O)N(C)C1CCS(=O)(=O)C1. The molecule has 2 aromatic heterocycles. The third-order valence-electron chi connectivity index (χ3n) is 3.91. The first kappa shape index (κ1) is 14.8. The summed E-state index contributed by atoms with van der Waals surface area (Å²) in [5, 5.41) is 3.88. The van der Waals surface area contributed by atoms with Gasteiger partial charge in [-0.25, -0.2) is 8.42 Å². The molecule has 3 rings (SSSR count). The van der Waals surface area contributed by atoms with Gasteiger partial charge in [-0.1, -0.05) is 5.16 Å². The molecular formula is C14H16N2O5S. The molecule has 0 N–H and O–H groups in total. The summed E-state index contributed by atoms with van der Waals surface area (Å²) >= 11 is 0. The highest BCUT2D eigenvalue weighted by atomic mass is 32.2. The molecule has 7 nitrogen and oxygen atoms in total. The van der Waals surface area contributed by atoms with Gasteiger partial charge in [0.25, 0.3) is 5.91 Å². The second kappa shape index (κ2) is 5.28. The van der Waals surface area contributed by atoms with Crippen molar-refractivity contribution < 1.29 is 22.2 Å². The molecule has 22 heavy (non-hydrogen) atoms. The first-order valence-electron chi connectivity index (χ1n) is 6.87. The van der Waals surface area contributed by atoms with E-state index in [0.717, 1.165) is 0 Å². The summed E-state index contributed by atoms with van der Waals surface area (Å²) in [5.41, 5.74) is 0.641. The van der Waals surface area contributed by atoms with Gasteiger partial charge in [0.1, 0.15) is 11.3 Å². The average Bonchev–Trinajstić information content (AvgIpc) is 3.16. The van der Waals surface area contributed by atoms with Gasteiger partial charge in [0.05, 0.1) is 17.8 Å². The van der Waals surface area contributed by atoms with Gasteiger partial charge >= 0.3 is 0 Å². The molecule has 8 heteroatoms. The van der Waals surface area contributed by atoms with E-state index >= 15 is 0 Å². The van der Waals surface area contributed by atoms with E-state index in [1.54, 1.807) is 26.1 Å². The van der Waals surface area contributed by atoms with E-state index in [2.05, 4.69) is 5.16 Å². The highest BCUT2D eigenvalue weighted by Crippen LogP contribution is 2.28. The molecular weight excluding hydrogens is 308 g/mol. The number of aryl methyl sites for hydroxylation is 1. The molecule has 0 aliphatic carbocycles. The predicted molar refractivity (Wildman–Crippen MR) is 78.1 cm³/mol. The molecule has 1 amide bonds. The number of hydrogen-bond donors (Lipinski definition) is 0. The molecule has 0 saturated carbocycles. The smallest absolute Gasteiger partial charge is 0.259 e. The van der Waals surface area contributed by atoms with E-state index in [1.165, 1.54) is 11.2 Å². The van der Waals surface area contributed by atoms with Crippen LogP contribution in [0.15, 0.2) is 27.3 Å². The van der Waals surface area contributed by atoms with Crippen molar-refractivity contribution in [2.24, 2.45) is 0 Å². The Morgan fingerprint density at radius 3 is 2.82 bits per heavy atom. The predicted octanol–water partition coefficient (Wildman–Crippen LogP) is 1.50. The summed E-state index contributed by atoms with van der Waals surface area (Å²) in [6.45, 7) is 1.64. The topological polar surface area (TPSA) is 93.6 Å². The molecule has 1 fully saturated rings. The summed E-state index contributed by atoms with van der Waals surface area (Å²) in [6, 6.07) is 3.06. The largest absolute Gasteiger partial charge is 0.463 e. The fourth-order valence-electron chi connectivity index (χ4n) is 2.63. The van der Waals surface area contributed by atoms with Crippen molar-refractivity contribution in [3.05, 3.63) is 29.7 Å². The second-order valence-corrected chi connectivity index (χ2v) is 7.64. The van der Waals surface area contributed by atoms with E-state index in [4.69, 9.17) is 8.94 Å². The zero-order valence-corrected chi connectivity index (χ0v) is 13.1. The zero-order chi connectivity index (χ0) is 15.9. The minimum Gasteiger partial charge on any atom is -0.463 e. The van der Waals surface area contributed by atoms with E-state index in [1.807, 2.05) is 0 Å². The van der Waals surface area contributed by atoms with Crippen LogP contribution in [0, 0.1) is 6.92 Å². The van der Waals surface area contributed by atoms with E-state index in [0.29, 0.717) is 29.2 Å². The van der Waals surface area contributed by atoms with Crippen LogP contribution in [-0.2, 0) is 9.84 Å². The van der Waals surface area contributed by atoms with Gasteiger partial charge in [0.2, 0.25) is 0 Å². The van der Waals surface area contributed by atoms with Crippen molar-refractivity contribution in [1.82, 2.24) is 10.1 Å². The number of rotatable bonds is 3. The van der Waals surface area contributed by atoms with Gasteiger partial charge < -0.3 is 13.8 Å². The minimum atomic E-state index is -3.06. The number of carbonyl (C=O) groups excluding carboxylic acids is 1. The molecule has 0 radical (unpaired) electrons. The lowest BCUT2D eigenvalue weighted by molar-refractivity contribution is 0.0746. The van der Waals surface area contributed by atoms with E-state index in [-0.39, 0.29) is 23.5 Å². The van der Waals surface area contributed by atoms with Crippen LogP contribution < -0.4 is 0 Å². The second-order valence-electron chi connectivity index (χ2n) is 5.41. The zero-order valence-electron chi connectivity index (χ0n) is 12.3. The highest BCUT2D eigenvalue weighted by molar-refractivity contribution is 7.91. The third kappa shape index (κ3) is 2.54. The number of hydrogen-bond acceptors (Lipinski definition) is 6. The lowest BCUT2D eigenvalue weighted by atomic mass is 10.1. The van der Waals surface area contributed by atoms with Crippen LogP contribution in [0.3, 0.4) is 0 Å². The average molecular weight is 324 g/mol. The van der Waals surface area contributed by atoms with Crippen LogP contribution in [0.25, 0.3) is 11.5 Å². The number of carbonyl (C=O) groups is 1. The van der Waals surface area contributed by atoms with Crippen molar-refractivity contribution >= 4 is 15.7 Å². The fraction of sp³-hybridized carbons (Fsp3) is 0.429. The lowest BCUT2D eigenvalue weighted by Crippen LogP contribution is -2.38. The fourth-order valence-corrected chi connectivity index (χ4v) is 4.40. The third-order valence-corrected chi connectivity index (χ3v) is 5.66. The minimum absolute atomic E-state index is 0.00431. The summed E-state index contributed by atoms with van der Waals surface area (Å²) < 4.78 is 33.6. The highest BCUT2D eigenvalue weighted by Gasteiger charge is 2.35. The molecule has 0 bridgehead atoms. The monoisotopic (exact) mass is 324 g/mol. The van der Waals surface area contributed by atoms with Gasteiger partial charge in [-0.15, -0.1) is 0 Å². The Balaban J connectivity index is 1.91. The normalized spacial score (nSPS) is 20.2. The van der Waals surface area contributed by atoms with Crippen molar-refractivity contribution in [1.29, 1.82) is 0 Å². The number of furan rings is 1. The van der Waals surface area contributed by atoms with Crippen LogP contribution in [-0.4, -0.2) is 49.0 Å². The Kier molecular flexibility index (Phi) is 3.56. The lowest BCUT2D eigenvalue weighted by Gasteiger charge is -2.23. The summed E-state index contributed by atoms with van der Waals surface area (Å²) in [6.07, 6.45) is 1.94. The van der Waals surface area contributed by atoms with Gasteiger partial charge in [0.15, 0.2) is 21.3 Å². The van der Waals surface area contributed by atoms with Gasteiger partial charge in [0, 0.05) is 13.1 Å². The first-order valence-corrected chi connectivity index (χ1v) is 8.69. The number of sulfone groups is 1. The maximum absolute atomic E-state index is 12.7. The molecule has 1 atom stereocenters. The molecule has 1 aliphatic rings. The Morgan fingerprint density at radius 2 is 2.23 bits per heavy atom. The van der Waals surface area contributed by atoms with Gasteiger partial charge in [-0.05, 0) is 25.5 Å². The Labute approximate surface area is 127 Å². The van der Waals surface area contributed by atoms with Crippen molar-refractivity contribution in [2.45, 2.75) is 19.4 Å². The van der Waals surface area contributed by atoms with Gasteiger partial charge in [-0.2, -0.15) is 0 Å². The van der Waals surface area contributed by atoms with Crippen LogP contribution in [0.2, 0.25) is 0 Å². The molecule has 118 valence electrons. The molecule has 0 spiro atoms. The molecule has 2 aromatic rings. The van der Waals surface area contributed by atoms with Crippen molar-refractivity contribution in [2.75, 3.05) is 18.6 Å². The summed E-state index contributed by atoms with van der Waals surface area (Å²) in [4.78, 5) is 14.2.